The van der Waals surface area contributed by atoms with Gasteiger partial charge in [0.1, 0.15) is 5.76 Å². The number of fused-ring (bicyclic) bond motifs is 1. The minimum Gasteiger partial charge on any atom is -0.361 e. The van der Waals surface area contributed by atoms with Crippen LogP contribution in [-0.2, 0) is 17.6 Å². The molecule has 8 heteroatoms. The number of hydrogen-bond donors (Lipinski definition) is 1. The molecule has 2 amide bonds. The van der Waals surface area contributed by atoms with Crippen molar-refractivity contribution in [3.05, 3.63) is 28.8 Å². The third kappa shape index (κ3) is 2.57. The van der Waals surface area contributed by atoms with Crippen LogP contribution in [0, 0.1) is 12.8 Å². The first-order valence-corrected chi connectivity index (χ1v) is 8.12. The SMILES string of the molecule is Cc1cc(C(=O)N2CC(C(=O)Nc3onc4c3CCCC4)C2)no1. The van der Waals surface area contributed by atoms with Crippen molar-refractivity contribution in [2.45, 2.75) is 32.6 Å². The number of carbonyl (C=O) groups excluding carboxylic acids is 2. The van der Waals surface area contributed by atoms with Gasteiger partial charge < -0.3 is 13.9 Å². The first-order chi connectivity index (χ1) is 11.6. The molecular weight excluding hydrogens is 312 g/mol. The molecule has 1 N–H and O–H groups in total. The fourth-order valence-electron chi connectivity index (χ4n) is 3.14. The molecule has 126 valence electrons. The van der Waals surface area contributed by atoms with Crippen molar-refractivity contribution in [3.63, 3.8) is 0 Å². The van der Waals surface area contributed by atoms with Crippen molar-refractivity contribution in [2.75, 3.05) is 18.4 Å². The molecule has 0 saturated carbocycles. The van der Waals surface area contributed by atoms with Crippen molar-refractivity contribution in [1.29, 1.82) is 0 Å². The minimum absolute atomic E-state index is 0.139. The highest BCUT2D eigenvalue weighted by atomic mass is 16.5. The number of nitrogens with zero attached hydrogens (tertiary/aromatic N) is 3. The Kier molecular flexibility index (Phi) is 3.59. The average molecular weight is 330 g/mol. The Balaban J connectivity index is 1.34. The van der Waals surface area contributed by atoms with Crippen LogP contribution in [0.5, 0.6) is 0 Å². The van der Waals surface area contributed by atoms with E-state index < -0.39 is 0 Å². The zero-order chi connectivity index (χ0) is 16.7. The molecule has 0 atom stereocenters. The minimum atomic E-state index is -0.244. The van der Waals surface area contributed by atoms with Crippen LogP contribution in [0.2, 0.25) is 0 Å². The third-order valence-electron chi connectivity index (χ3n) is 4.58. The number of amides is 2. The normalized spacial score (nSPS) is 17.3. The van der Waals surface area contributed by atoms with Crippen LogP contribution >= 0.6 is 0 Å². The maximum atomic E-state index is 12.3. The molecule has 0 bridgehead atoms. The van der Waals surface area contributed by atoms with Crippen molar-refractivity contribution >= 4 is 17.7 Å². The van der Waals surface area contributed by atoms with Crippen LogP contribution in [0.1, 0.15) is 40.3 Å². The van der Waals surface area contributed by atoms with Gasteiger partial charge in [-0.3, -0.25) is 14.9 Å². The molecule has 0 spiro atoms. The van der Waals surface area contributed by atoms with E-state index in [1.807, 2.05) is 0 Å². The summed E-state index contributed by atoms with van der Waals surface area (Å²) in [4.78, 5) is 26.1. The van der Waals surface area contributed by atoms with E-state index in [0.29, 0.717) is 24.7 Å². The number of rotatable bonds is 3. The van der Waals surface area contributed by atoms with Crippen LogP contribution in [0.4, 0.5) is 5.88 Å². The van der Waals surface area contributed by atoms with Gasteiger partial charge in [-0.25, -0.2) is 0 Å². The molecule has 4 rings (SSSR count). The number of aromatic nitrogens is 2. The van der Waals surface area contributed by atoms with E-state index in [0.717, 1.165) is 36.9 Å². The molecule has 1 aliphatic heterocycles. The lowest BCUT2D eigenvalue weighted by Crippen LogP contribution is -2.54. The molecule has 0 radical (unpaired) electrons. The zero-order valence-electron chi connectivity index (χ0n) is 13.4. The summed E-state index contributed by atoms with van der Waals surface area (Å²) in [6, 6.07) is 1.59. The maximum absolute atomic E-state index is 12.3. The van der Waals surface area contributed by atoms with E-state index in [4.69, 9.17) is 9.05 Å². The second-order valence-corrected chi connectivity index (χ2v) is 6.36. The second-order valence-electron chi connectivity index (χ2n) is 6.36. The van der Waals surface area contributed by atoms with Crippen LogP contribution in [0.15, 0.2) is 15.1 Å². The Bertz CT molecular complexity index is 788. The van der Waals surface area contributed by atoms with E-state index in [-0.39, 0.29) is 23.4 Å². The van der Waals surface area contributed by atoms with E-state index in [1.165, 1.54) is 0 Å². The number of likely N-dealkylation sites (tertiary alicyclic amines) is 1. The highest BCUT2D eigenvalue weighted by Gasteiger charge is 2.37. The van der Waals surface area contributed by atoms with Crippen molar-refractivity contribution < 1.29 is 18.6 Å². The molecule has 0 unspecified atom stereocenters. The lowest BCUT2D eigenvalue weighted by molar-refractivity contribution is -0.123. The van der Waals surface area contributed by atoms with E-state index in [9.17, 15) is 9.59 Å². The van der Waals surface area contributed by atoms with Gasteiger partial charge in [-0.05, 0) is 32.6 Å². The highest BCUT2D eigenvalue weighted by molar-refractivity contribution is 5.97. The summed E-state index contributed by atoms with van der Waals surface area (Å²) < 4.78 is 10.2. The molecule has 0 aromatic carbocycles. The fraction of sp³-hybridized carbons (Fsp3) is 0.500. The van der Waals surface area contributed by atoms with Gasteiger partial charge in [-0.2, -0.15) is 0 Å². The van der Waals surface area contributed by atoms with Crippen LogP contribution in [-0.4, -0.2) is 40.1 Å². The summed E-state index contributed by atoms with van der Waals surface area (Å²) in [5, 5.41) is 10.5. The first-order valence-electron chi connectivity index (χ1n) is 8.12. The van der Waals surface area contributed by atoms with Gasteiger partial charge in [0.05, 0.1) is 11.6 Å². The van der Waals surface area contributed by atoms with Gasteiger partial charge in [0.2, 0.25) is 11.8 Å². The van der Waals surface area contributed by atoms with Gasteiger partial charge in [0.25, 0.3) is 5.91 Å². The Morgan fingerprint density at radius 2 is 2.00 bits per heavy atom. The van der Waals surface area contributed by atoms with E-state index >= 15 is 0 Å². The van der Waals surface area contributed by atoms with Crippen LogP contribution in [0.25, 0.3) is 0 Å². The average Bonchev–Trinajstić information content (AvgIpc) is 3.13. The topological polar surface area (TPSA) is 101 Å². The van der Waals surface area contributed by atoms with Crippen molar-refractivity contribution in [2.24, 2.45) is 5.92 Å². The lowest BCUT2D eigenvalue weighted by Gasteiger charge is -2.37. The molecule has 24 heavy (non-hydrogen) atoms. The lowest BCUT2D eigenvalue weighted by atomic mass is 9.96. The molecule has 1 saturated heterocycles. The number of anilines is 1. The maximum Gasteiger partial charge on any atom is 0.276 e. The Labute approximate surface area is 138 Å². The number of aryl methyl sites for hydroxylation is 2. The molecule has 2 aromatic rings. The quantitative estimate of drug-likeness (QED) is 0.916. The monoisotopic (exact) mass is 330 g/mol. The van der Waals surface area contributed by atoms with Gasteiger partial charge in [0, 0.05) is 24.7 Å². The molecule has 3 heterocycles. The molecule has 1 aliphatic carbocycles. The highest BCUT2D eigenvalue weighted by Crippen LogP contribution is 2.28. The van der Waals surface area contributed by atoms with E-state index in [2.05, 4.69) is 15.6 Å². The van der Waals surface area contributed by atoms with Crippen molar-refractivity contribution in [1.82, 2.24) is 15.2 Å². The predicted molar refractivity (Wildman–Crippen MR) is 82.4 cm³/mol. The number of nitrogens with one attached hydrogen (secondary N) is 1. The molecule has 1 fully saturated rings. The van der Waals surface area contributed by atoms with Gasteiger partial charge in [-0.1, -0.05) is 10.3 Å². The molecule has 2 aromatic heterocycles. The largest absolute Gasteiger partial charge is 0.361 e. The summed E-state index contributed by atoms with van der Waals surface area (Å²) in [5.41, 5.74) is 2.24. The molecular formula is C16H18N4O4. The Hall–Kier alpha value is -2.64. The summed E-state index contributed by atoms with van der Waals surface area (Å²) in [5.74, 6) is 0.453. The van der Waals surface area contributed by atoms with Gasteiger partial charge in [-0.15, -0.1) is 0 Å². The molecule has 2 aliphatic rings. The molecule has 8 nitrogen and oxygen atoms in total. The summed E-state index contributed by atoms with van der Waals surface area (Å²) >= 11 is 0. The van der Waals surface area contributed by atoms with Gasteiger partial charge in [0.15, 0.2) is 5.69 Å². The first kappa shape index (κ1) is 14.9. The fourth-order valence-corrected chi connectivity index (χ4v) is 3.14. The number of hydrogen-bond acceptors (Lipinski definition) is 6. The Morgan fingerprint density at radius 3 is 2.75 bits per heavy atom. The zero-order valence-corrected chi connectivity index (χ0v) is 13.4. The van der Waals surface area contributed by atoms with E-state index in [1.54, 1.807) is 17.9 Å². The van der Waals surface area contributed by atoms with Gasteiger partial charge >= 0.3 is 0 Å². The summed E-state index contributed by atoms with van der Waals surface area (Å²) in [7, 11) is 0. The summed E-state index contributed by atoms with van der Waals surface area (Å²) in [6.07, 6.45) is 3.97. The van der Waals surface area contributed by atoms with Crippen LogP contribution < -0.4 is 5.32 Å². The van der Waals surface area contributed by atoms with Crippen molar-refractivity contribution in [3.8, 4) is 0 Å². The standard InChI is InChI=1S/C16H18N4O4/c1-9-6-13(19-23-9)16(22)20-7-10(8-20)14(21)17-15-11-4-2-3-5-12(11)18-24-15/h6,10H,2-5,7-8H2,1H3,(H,17,21). The third-order valence-corrected chi connectivity index (χ3v) is 4.58. The Morgan fingerprint density at radius 1 is 1.21 bits per heavy atom. The smallest absolute Gasteiger partial charge is 0.276 e. The predicted octanol–water partition coefficient (Wildman–Crippen LogP) is 1.56. The summed E-state index contributed by atoms with van der Waals surface area (Å²) in [6.45, 7) is 2.47. The van der Waals surface area contributed by atoms with Crippen LogP contribution in [0.3, 0.4) is 0 Å². The number of carbonyl (C=O) groups is 2. The second kappa shape index (κ2) is 5.77.